The Bertz CT molecular complexity index is 746. The largest absolute Gasteiger partial charge is 0.341 e. The number of amides is 4. The highest BCUT2D eigenvalue weighted by Crippen LogP contribution is 2.36. The molecule has 0 bridgehead atoms. The van der Waals surface area contributed by atoms with Crippen molar-refractivity contribution < 1.29 is 23.2 Å². The number of benzene rings is 1. The van der Waals surface area contributed by atoms with Gasteiger partial charge in [-0.25, -0.2) is 23.3 Å². The minimum Gasteiger partial charge on any atom is -0.341 e. The number of Topliss-reactive ketones (excluding diaryl/α,β-unsaturated/α-hetero) is 1. The molecule has 0 aliphatic carbocycles. The molecule has 6 nitrogen and oxygen atoms in total. The van der Waals surface area contributed by atoms with Crippen molar-refractivity contribution in [2.75, 3.05) is 7.05 Å². The standard InChI is InChI=1S/C16H17F2N3O3/c1-4-12-13(8(2)22)14(10-6-5-9(17)7-11(10)18)21(15(23)19-3)16(24)20-12/h5-7,14H,4H2,1-3H3,(H,19,23)(H,20,24). The van der Waals surface area contributed by atoms with Crippen molar-refractivity contribution in [3.8, 4) is 0 Å². The van der Waals surface area contributed by atoms with Crippen LogP contribution in [0.5, 0.6) is 0 Å². The van der Waals surface area contributed by atoms with E-state index in [0.29, 0.717) is 23.1 Å². The number of carbonyl (C=O) groups excluding carboxylic acids is 3. The zero-order valence-electron chi connectivity index (χ0n) is 13.4. The third-order valence-electron chi connectivity index (χ3n) is 3.76. The van der Waals surface area contributed by atoms with Crippen LogP contribution >= 0.6 is 0 Å². The molecule has 1 aromatic carbocycles. The lowest BCUT2D eigenvalue weighted by molar-refractivity contribution is -0.114. The van der Waals surface area contributed by atoms with E-state index in [-0.39, 0.29) is 11.1 Å². The molecule has 0 fully saturated rings. The molecule has 0 aromatic heterocycles. The molecule has 1 aliphatic heterocycles. The van der Waals surface area contributed by atoms with E-state index in [2.05, 4.69) is 10.6 Å². The third-order valence-corrected chi connectivity index (χ3v) is 3.76. The topological polar surface area (TPSA) is 78.5 Å². The van der Waals surface area contributed by atoms with E-state index in [9.17, 15) is 23.2 Å². The monoisotopic (exact) mass is 337 g/mol. The highest BCUT2D eigenvalue weighted by Gasteiger charge is 2.41. The van der Waals surface area contributed by atoms with Crippen molar-refractivity contribution in [1.82, 2.24) is 15.5 Å². The van der Waals surface area contributed by atoms with Gasteiger partial charge in [0.15, 0.2) is 5.78 Å². The molecule has 2 rings (SSSR count). The van der Waals surface area contributed by atoms with Gasteiger partial charge in [0.05, 0.1) is 0 Å². The van der Waals surface area contributed by atoms with Gasteiger partial charge in [0, 0.05) is 29.9 Å². The fraction of sp³-hybridized carbons (Fsp3) is 0.312. The summed E-state index contributed by atoms with van der Waals surface area (Å²) in [6, 6.07) is -0.0873. The predicted molar refractivity (Wildman–Crippen MR) is 81.9 cm³/mol. The number of nitrogens with zero attached hydrogens (tertiary/aromatic N) is 1. The molecule has 1 heterocycles. The predicted octanol–water partition coefficient (Wildman–Crippen LogP) is 2.62. The van der Waals surface area contributed by atoms with Gasteiger partial charge in [0.25, 0.3) is 0 Å². The Morgan fingerprint density at radius 1 is 1.33 bits per heavy atom. The number of urea groups is 2. The maximum atomic E-state index is 14.3. The second-order valence-corrected chi connectivity index (χ2v) is 5.23. The lowest BCUT2D eigenvalue weighted by Crippen LogP contribution is -2.54. The summed E-state index contributed by atoms with van der Waals surface area (Å²) in [5.41, 5.74) is 0.263. The zero-order valence-corrected chi connectivity index (χ0v) is 13.4. The number of imide groups is 1. The Labute approximate surface area is 137 Å². The molecule has 1 atom stereocenters. The summed E-state index contributed by atoms with van der Waals surface area (Å²) in [6.07, 6.45) is 0.307. The fourth-order valence-electron chi connectivity index (χ4n) is 2.70. The Morgan fingerprint density at radius 3 is 2.50 bits per heavy atom. The molecule has 4 amide bonds. The van der Waals surface area contributed by atoms with Crippen molar-refractivity contribution in [2.45, 2.75) is 26.3 Å². The molecule has 2 N–H and O–H groups in total. The van der Waals surface area contributed by atoms with Crippen molar-refractivity contribution in [1.29, 1.82) is 0 Å². The number of rotatable bonds is 3. The molecule has 0 radical (unpaired) electrons. The Hall–Kier alpha value is -2.77. The first-order valence-corrected chi connectivity index (χ1v) is 7.32. The van der Waals surface area contributed by atoms with E-state index >= 15 is 0 Å². The summed E-state index contributed by atoms with van der Waals surface area (Å²) < 4.78 is 27.5. The summed E-state index contributed by atoms with van der Waals surface area (Å²) in [6.45, 7) is 2.98. The zero-order chi connectivity index (χ0) is 18.0. The van der Waals surface area contributed by atoms with Gasteiger partial charge in [-0.05, 0) is 19.4 Å². The van der Waals surface area contributed by atoms with Crippen molar-refractivity contribution in [2.24, 2.45) is 0 Å². The fourth-order valence-corrected chi connectivity index (χ4v) is 2.70. The summed E-state index contributed by atoms with van der Waals surface area (Å²) in [5, 5.41) is 4.77. The van der Waals surface area contributed by atoms with E-state index in [4.69, 9.17) is 0 Å². The summed E-state index contributed by atoms with van der Waals surface area (Å²) in [7, 11) is 1.31. The van der Waals surface area contributed by atoms with Gasteiger partial charge in [-0.15, -0.1) is 0 Å². The van der Waals surface area contributed by atoms with Crippen LogP contribution in [0.15, 0.2) is 29.5 Å². The highest BCUT2D eigenvalue weighted by atomic mass is 19.1. The summed E-state index contributed by atoms with van der Waals surface area (Å²) in [4.78, 5) is 37.3. The third kappa shape index (κ3) is 2.99. The van der Waals surface area contributed by atoms with E-state index in [1.54, 1.807) is 6.92 Å². The van der Waals surface area contributed by atoms with Gasteiger partial charge >= 0.3 is 12.1 Å². The molecule has 1 aliphatic rings. The molecule has 0 saturated carbocycles. The number of carbonyl (C=O) groups is 3. The molecular weight excluding hydrogens is 320 g/mol. The number of hydrogen-bond acceptors (Lipinski definition) is 3. The first kappa shape index (κ1) is 17.6. The Morgan fingerprint density at radius 2 is 2.00 bits per heavy atom. The minimum absolute atomic E-state index is 0.0891. The van der Waals surface area contributed by atoms with Gasteiger partial charge in [-0.3, -0.25) is 4.79 Å². The van der Waals surface area contributed by atoms with E-state index < -0.39 is 35.5 Å². The van der Waals surface area contributed by atoms with Gasteiger partial charge in [0.1, 0.15) is 17.7 Å². The number of nitrogens with one attached hydrogen (secondary N) is 2. The van der Waals surface area contributed by atoms with Gasteiger partial charge in [-0.1, -0.05) is 13.0 Å². The van der Waals surface area contributed by atoms with Crippen molar-refractivity contribution in [3.05, 3.63) is 46.7 Å². The Kier molecular flexibility index (Phi) is 4.96. The number of allylic oxidation sites excluding steroid dienone is 1. The minimum atomic E-state index is -1.27. The molecular formula is C16H17F2N3O3. The smallest absolute Gasteiger partial charge is 0.330 e. The molecule has 24 heavy (non-hydrogen) atoms. The van der Waals surface area contributed by atoms with Crippen molar-refractivity contribution >= 4 is 17.8 Å². The highest BCUT2D eigenvalue weighted by molar-refractivity contribution is 6.03. The second kappa shape index (κ2) is 6.77. The van der Waals surface area contributed by atoms with Crippen LogP contribution < -0.4 is 10.6 Å². The molecule has 128 valence electrons. The van der Waals surface area contributed by atoms with Crippen LogP contribution in [0.25, 0.3) is 0 Å². The SMILES string of the molecule is CCC1=C(C(C)=O)C(c2ccc(F)cc2F)N(C(=O)NC)C(=O)N1. The normalized spacial score (nSPS) is 17.6. The maximum absolute atomic E-state index is 14.3. The average Bonchev–Trinajstić information content (AvgIpc) is 2.52. The van der Waals surface area contributed by atoms with Crippen LogP contribution in [0.2, 0.25) is 0 Å². The maximum Gasteiger partial charge on any atom is 0.330 e. The molecule has 8 heteroatoms. The summed E-state index contributed by atoms with van der Waals surface area (Å²) in [5.74, 6) is -2.17. The van der Waals surface area contributed by atoms with E-state index in [1.807, 2.05) is 0 Å². The number of ketones is 1. The quantitative estimate of drug-likeness (QED) is 0.890. The van der Waals surface area contributed by atoms with Crippen molar-refractivity contribution in [3.63, 3.8) is 0 Å². The van der Waals surface area contributed by atoms with E-state index in [0.717, 1.165) is 12.1 Å². The van der Waals surface area contributed by atoms with Crippen LogP contribution in [-0.2, 0) is 4.79 Å². The number of halogens is 2. The Balaban J connectivity index is 2.75. The van der Waals surface area contributed by atoms with Crippen LogP contribution in [0, 0.1) is 11.6 Å². The molecule has 1 aromatic rings. The van der Waals surface area contributed by atoms with E-state index in [1.165, 1.54) is 14.0 Å². The van der Waals surface area contributed by atoms with Crippen LogP contribution in [0.3, 0.4) is 0 Å². The van der Waals surface area contributed by atoms with Crippen LogP contribution in [0.4, 0.5) is 18.4 Å². The molecule has 0 spiro atoms. The van der Waals surface area contributed by atoms with Gasteiger partial charge < -0.3 is 10.6 Å². The average molecular weight is 337 g/mol. The summed E-state index contributed by atoms with van der Waals surface area (Å²) >= 11 is 0. The molecule has 1 unspecified atom stereocenters. The molecule has 0 saturated heterocycles. The van der Waals surface area contributed by atoms with Crippen LogP contribution in [0.1, 0.15) is 31.9 Å². The van der Waals surface area contributed by atoms with Crippen LogP contribution in [-0.4, -0.2) is 29.8 Å². The van der Waals surface area contributed by atoms with Gasteiger partial charge in [-0.2, -0.15) is 0 Å². The number of hydrogen-bond donors (Lipinski definition) is 2. The van der Waals surface area contributed by atoms with Gasteiger partial charge in [0.2, 0.25) is 0 Å². The lowest BCUT2D eigenvalue weighted by Gasteiger charge is -2.36. The second-order valence-electron chi connectivity index (χ2n) is 5.23. The lowest BCUT2D eigenvalue weighted by atomic mass is 9.90. The first-order chi connectivity index (χ1) is 11.3. The first-order valence-electron chi connectivity index (χ1n) is 7.32.